The largest absolute Gasteiger partial charge is 0.496 e. The summed E-state index contributed by atoms with van der Waals surface area (Å²) in [6.07, 6.45) is 4.05. The maximum absolute atomic E-state index is 12.2. The van der Waals surface area contributed by atoms with Crippen molar-refractivity contribution in [2.75, 3.05) is 13.4 Å². The van der Waals surface area contributed by atoms with Gasteiger partial charge in [0.2, 0.25) is 0 Å². The van der Waals surface area contributed by atoms with Crippen LogP contribution in [0.15, 0.2) is 53.0 Å². The number of allylic oxidation sites excluding steroid dienone is 1. The summed E-state index contributed by atoms with van der Waals surface area (Å²) in [4.78, 5) is 12.2. The Labute approximate surface area is 149 Å². The second kappa shape index (κ2) is 7.63. The first-order valence-electron chi connectivity index (χ1n) is 6.84. The van der Waals surface area contributed by atoms with Gasteiger partial charge >= 0.3 is 10.1 Å². The predicted molar refractivity (Wildman–Crippen MR) is 96.0 cm³/mol. The van der Waals surface area contributed by atoms with Crippen molar-refractivity contribution >= 4 is 37.9 Å². The van der Waals surface area contributed by atoms with Crippen molar-refractivity contribution in [3.8, 4) is 11.5 Å². The molecule has 5 nitrogen and oxygen atoms in total. The molecule has 0 aliphatic heterocycles. The monoisotopic (exact) mass is 410 g/mol. The van der Waals surface area contributed by atoms with E-state index in [9.17, 15) is 13.2 Å². The average Bonchev–Trinajstić information content (AvgIpc) is 2.52. The number of carbonyl (C=O) groups is 1. The summed E-state index contributed by atoms with van der Waals surface area (Å²) >= 11 is 3.37. The van der Waals surface area contributed by atoms with Crippen LogP contribution >= 0.6 is 15.9 Å². The summed E-state index contributed by atoms with van der Waals surface area (Å²) < 4.78 is 32.9. The van der Waals surface area contributed by atoms with Crippen molar-refractivity contribution in [1.82, 2.24) is 0 Å². The Morgan fingerprint density at radius 3 is 2.38 bits per heavy atom. The molecule has 0 atom stereocenters. The van der Waals surface area contributed by atoms with E-state index >= 15 is 0 Å². The van der Waals surface area contributed by atoms with Crippen molar-refractivity contribution in [2.24, 2.45) is 0 Å². The van der Waals surface area contributed by atoms with Gasteiger partial charge in [-0.25, -0.2) is 0 Å². The summed E-state index contributed by atoms with van der Waals surface area (Å²) in [6.45, 7) is 0. The molecule has 0 saturated heterocycles. The molecule has 24 heavy (non-hydrogen) atoms. The van der Waals surface area contributed by atoms with E-state index < -0.39 is 10.1 Å². The van der Waals surface area contributed by atoms with Gasteiger partial charge in [-0.2, -0.15) is 8.42 Å². The fourth-order valence-electron chi connectivity index (χ4n) is 1.95. The Hall–Kier alpha value is -2.12. The van der Waals surface area contributed by atoms with Crippen LogP contribution in [0.3, 0.4) is 0 Å². The number of carbonyl (C=O) groups excluding carboxylic acids is 1. The van der Waals surface area contributed by atoms with Gasteiger partial charge in [0, 0.05) is 15.6 Å². The minimum atomic E-state index is -3.59. The van der Waals surface area contributed by atoms with Crippen molar-refractivity contribution < 1.29 is 22.1 Å². The van der Waals surface area contributed by atoms with Crippen molar-refractivity contribution in [3.63, 3.8) is 0 Å². The topological polar surface area (TPSA) is 69.7 Å². The van der Waals surface area contributed by atoms with Crippen LogP contribution in [0.1, 0.15) is 15.9 Å². The standard InChI is InChI=1S/C17H15BrO5S/c1-22-17-10-6-14(18)11-13(17)5-9-16(19)12-3-7-15(8-4-12)23-24(2,20)21/h3-11H,1-2H3/b9-5-. The van der Waals surface area contributed by atoms with Crippen LogP contribution in [0, 0.1) is 0 Å². The number of hydrogen-bond acceptors (Lipinski definition) is 5. The van der Waals surface area contributed by atoms with Crippen molar-refractivity contribution in [2.45, 2.75) is 0 Å². The zero-order valence-electron chi connectivity index (χ0n) is 13.0. The zero-order valence-corrected chi connectivity index (χ0v) is 15.4. The highest BCUT2D eigenvalue weighted by Gasteiger charge is 2.07. The van der Waals surface area contributed by atoms with E-state index in [4.69, 9.17) is 8.92 Å². The Morgan fingerprint density at radius 1 is 1.12 bits per heavy atom. The number of halogens is 1. The van der Waals surface area contributed by atoms with Gasteiger partial charge in [0.05, 0.1) is 13.4 Å². The molecule has 0 aliphatic carbocycles. The third-order valence-electron chi connectivity index (χ3n) is 2.99. The molecule has 0 radical (unpaired) electrons. The molecule has 0 aliphatic rings. The summed E-state index contributed by atoms with van der Waals surface area (Å²) in [5, 5.41) is 0. The highest BCUT2D eigenvalue weighted by Crippen LogP contribution is 2.24. The molecule has 0 N–H and O–H groups in total. The van der Waals surface area contributed by atoms with Crippen LogP contribution in [0.25, 0.3) is 6.08 Å². The van der Waals surface area contributed by atoms with E-state index in [1.807, 2.05) is 12.1 Å². The molecule has 7 heteroatoms. The Morgan fingerprint density at radius 2 is 1.79 bits per heavy atom. The lowest BCUT2D eigenvalue weighted by Crippen LogP contribution is -2.05. The predicted octanol–water partition coefficient (Wildman–Crippen LogP) is 3.69. The Kier molecular flexibility index (Phi) is 5.80. The quantitative estimate of drug-likeness (QED) is 0.412. The first kappa shape index (κ1) is 18.2. The summed E-state index contributed by atoms with van der Waals surface area (Å²) in [6, 6.07) is 11.4. The number of hydrogen-bond donors (Lipinski definition) is 0. The van der Waals surface area contributed by atoms with Crippen LogP contribution in [0.4, 0.5) is 0 Å². The third-order valence-corrected chi connectivity index (χ3v) is 3.98. The van der Waals surface area contributed by atoms with E-state index in [0.29, 0.717) is 11.3 Å². The highest BCUT2D eigenvalue weighted by molar-refractivity contribution is 9.10. The summed E-state index contributed by atoms with van der Waals surface area (Å²) in [5.74, 6) is 0.591. The Bertz CT molecular complexity index is 870. The third kappa shape index (κ3) is 5.21. The molecule has 2 rings (SSSR count). The first-order valence-corrected chi connectivity index (χ1v) is 9.45. The second-order valence-electron chi connectivity index (χ2n) is 4.90. The number of ether oxygens (including phenoxy) is 1. The van der Waals surface area contributed by atoms with Gasteiger partial charge in [-0.3, -0.25) is 4.79 Å². The van der Waals surface area contributed by atoms with Crippen LogP contribution in [-0.2, 0) is 10.1 Å². The lowest BCUT2D eigenvalue weighted by molar-refractivity contribution is 0.104. The van der Waals surface area contributed by atoms with Crippen LogP contribution in [0.5, 0.6) is 11.5 Å². The number of benzene rings is 2. The molecule has 0 spiro atoms. The van der Waals surface area contributed by atoms with E-state index in [-0.39, 0.29) is 11.5 Å². The SMILES string of the molecule is COc1ccc(Br)cc1/C=C\C(=O)c1ccc(OS(C)(=O)=O)cc1. The minimum Gasteiger partial charge on any atom is -0.496 e. The fourth-order valence-corrected chi connectivity index (χ4v) is 2.79. The smallest absolute Gasteiger partial charge is 0.306 e. The number of ketones is 1. The molecule has 0 unspecified atom stereocenters. The van der Waals surface area contributed by atoms with Gasteiger partial charge in [-0.05, 0) is 54.6 Å². The molecule has 0 amide bonds. The maximum atomic E-state index is 12.2. The average molecular weight is 411 g/mol. The first-order chi connectivity index (χ1) is 11.3. The van der Waals surface area contributed by atoms with E-state index in [1.54, 1.807) is 19.3 Å². The normalized spacial score (nSPS) is 11.5. The van der Waals surface area contributed by atoms with E-state index in [1.165, 1.54) is 30.3 Å². The number of rotatable bonds is 6. The lowest BCUT2D eigenvalue weighted by atomic mass is 10.1. The van der Waals surface area contributed by atoms with Gasteiger partial charge < -0.3 is 8.92 Å². The fraction of sp³-hybridized carbons (Fsp3) is 0.118. The molecule has 0 fully saturated rings. The van der Waals surface area contributed by atoms with E-state index in [2.05, 4.69) is 15.9 Å². The zero-order chi connectivity index (χ0) is 17.7. The highest BCUT2D eigenvalue weighted by atomic mass is 79.9. The molecule has 2 aromatic carbocycles. The van der Waals surface area contributed by atoms with E-state index in [0.717, 1.165) is 16.3 Å². The second-order valence-corrected chi connectivity index (χ2v) is 7.39. The molecule has 0 saturated carbocycles. The molecule has 126 valence electrons. The molecule has 2 aromatic rings. The van der Waals surface area contributed by atoms with Crippen molar-refractivity contribution in [3.05, 3.63) is 64.1 Å². The van der Waals surface area contributed by atoms with Gasteiger partial charge in [0.1, 0.15) is 11.5 Å². The van der Waals surface area contributed by atoms with Gasteiger partial charge in [-0.15, -0.1) is 0 Å². The molecule has 0 bridgehead atoms. The molecule has 0 heterocycles. The van der Waals surface area contributed by atoms with Gasteiger partial charge in [0.15, 0.2) is 5.78 Å². The Balaban J connectivity index is 2.16. The lowest BCUT2D eigenvalue weighted by Gasteiger charge is -2.05. The van der Waals surface area contributed by atoms with Crippen LogP contribution in [0.2, 0.25) is 0 Å². The molecule has 0 aromatic heterocycles. The van der Waals surface area contributed by atoms with Gasteiger partial charge in [0.25, 0.3) is 0 Å². The van der Waals surface area contributed by atoms with Crippen LogP contribution in [-0.4, -0.2) is 27.6 Å². The van der Waals surface area contributed by atoms with Crippen LogP contribution < -0.4 is 8.92 Å². The molecular weight excluding hydrogens is 396 g/mol. The summed E-state index contributed by atoms with van der Waals surface area (Å²) in [5.41, 5.74) is 1.18. The summed E-state index contributed by atoms with van der Waals surface area (Å²) in [7, 11) is -2.03. The number of methoxy groups -OCH3 is 1. The van der Waals surface area contributed by atoms with Gasteiger partial charge in [-0.1, -0.05) is 15.9 Å². The minimum absolute atomic E-state index is 0.159. The molecular formula is C17H15BrO5S. The maximum Gasteiger partial charge on any atom is 0.306 e. The van der Waals surface area contributed by atoms with Crippen molar-refractivity contribution in [1.29, 1.82) is 0 Å².